The molecule has 0 aromatic heterocycles. The quantitative estimate of drug-likeness (QED) is 0.229. The molecule has 170 valence electrons. The highest BCUT2D eigenvalue weighted by molar-refractivity contribution is 5.81. The lowest BCUT2D eigenvalue weighted by Crippen LogP contribution is -2.51. The van der Waals surface area contributed by atoms with Crippen molar-refractivity contribution in [2.75, 3.05) is 6.61 Å². The van der Waals surface area contributed by atoms with Crippen molar-refractivity contribution in [2.24, 2.45) is 47.3 Å². The van der Waals surface area contributed by atoms with Gasteiger partial charge in [0.25, 0.3) is 0 Å². The molecule has 2 amide bonds. The van der Waals surface area contributed by atoms with Gasteiger partial charge < -0.3 is 0 Å². The molecule has 4 rings (SSSR count). The SMILES string of the molecule is NNC(=O)C1CCC(C(=O)NNOCC2CCCC3CCCCC32)C2CCCCC12. The fourth-order valence-electron chi connectivity index (χ4n) is 7.34. The molecule has 0 aliphatic heterocycles. The predicted octanol–water partition coefficient (Wildman–Crippen LogP) is 2.97. The lowest BCUT2D eigenvalue weighted by molar-refractivity contribution is -0.142. The number of hydrazine groups is 2. The van der Waals surface area contributed by atoms with Gasteiger partial charge >= 0.3 is 0 Å². The van der Waals surface area contributed by atoms with Crippen molar-refractivity contribution in [1.29, 1.82) is 0 Å². The molecule has 0 bridgehead atoms. The molecular weight excluding hydrogens is 380 g/mol. The smallest absolute Gasteiger partial charge is 0.239 e. The Kier molecular flexibility index (Phi) is 7.65. The first kappa shape index (κ1) is 22.0. The number of fused-ring (bicyclic) bond motifs is 2. The minimum absolute atomic E-state index is 0.0118. The number of hydrogen-bond donors (Lipinski definition) is 4. The largest absolute Gasteiger partial charge is 0.294 e. The van der Waals surface area contributed by atoms with Gasteiger partial charge in [0.05, 0.1) is 6.61 Å². The van der Waals surface area contributed by atoms with Crippen LogP contribution >= 0.6 is 0 Å². The summed E-state index contributed by atoms with van der Waals surface area (Å²) in [4.78, 5) is 30.8. The molecule has 0 saturated heterocycles. The highest BCUT2D eigenvalue weighted by Crippen LogP contribution is 2.47. The summed E-state index contributed by atoms with van der Waals surface area (Å²) in [6.07, 6.45) is 15.2. The van der Waals surface area contributed by atoms with Crippen LogP contribution in [0.3, 0.4) is 0 Å². The Morgan fingerprint density at radius 1 is 0.733 bits per heavy atom. The molecule has 0 heterocycles. The second kappa shape index (κ2) is 10.4. The maximum atomic E-state index is 12.9. The van der Waals surface area contributed by atoms with Crippen molar-refractivity contribution in [2.45, 2.75) is 83.5 Å². The Bertz CT molecular complexity index is 599. The topological polar surface area (TPSA) is 105 Å². The Morgan fingerprint density at radius 2 is 1.33 bits per heavy atom. The summed E-state index contributed by atoms with van der Waals surface area (Å²) < 4.78 is 0. The molecule has 4 saturated carbocycles. The number of nitrogens with one attached hydrogen (secondary N) is 3. The monoisotopic (exact) mass is 420 g/mol. The highest BCUT2D eigenvalue weighted by Gasteiger charge is 2.45. The van der Waals surface area contributed by atoms with Crippen LogP contribution in [-0.4, -0.2) is 18.4 Å². The third kappa shape index (κ3) is 4.83. The van der Waals surface area contributed by atoms with Gasteiger partial charge in [0.1, 0.15) is 0 Å². The van der Waals surface area contributed by atoms with Crippen molar-refractivity contribution in [3.63, 3.8) is 0 Å². The minimum Gasteiger partial charge on any atom is -0.294 e. The summed E-state index contributed by atoms with van der Waals surface area (Å²) in [6.45, 7) is 0.677. The standard InChI is InChI=1S/C23H40N4O3/c24-25-22(28)20-12-13-21(19-11-4-3-10-18(19)20)23(29)26-27-30-14-16-8-5-7-15-6-1-2-9-17(15)16/h15-21,27H,1-14,24H2,(H,25,28)(H,26,29). The van der Waals surface area contributed by atoms with Crippen LogP contribution in [0.1, 0.15) is 83.5 Å². The van der Waals surface area contributed by atoms with Gasteiger partial charge in [0, 0.05) is 11.8 Å². The van der Waals surface area contributed by atoms with Crippen LogP contribution < -0.4 is 22.3 Å². The summed E-state index contributed by atoms with van der Waals surface area (Å²) in [7, 11) is 0. The van der Waals surface area contributed by atoms with E-state index >= 15 is 0 Å². The van der Waals surface area contributed by atoms with E-state index in [2.05, 4.69) is 16.4 Å². The molecule has 4 fully saturated rings. The number of carbonyl (C=O) groups excluding carboxylic acids is 2. The fraction of sp³-hybridized carbons (Fsp3) is 0.913. The van der Waals surface area contributed by atoms with E-state index in [0.717, 1.165) is 50.4 Å². The first-order valence-electron chi connectivity index (χ1n) is 12.4. The molecular formula is C23H40N4O3. The molecule has 4 aliphatic rings. The van der Waals surface area contributed by atoms with Gasteiger partial charge in [0.15, 0.2) is 0 Å². The summed E-state index contributed by atoms with van der Waals surface area (Å²) in [5.74, 6) is 8.07. The maximum Gasteiger partial charge on any atom is 0.239 e. The van der Waals surface area contributed by atoms with Gasteiger partial charge in [-0.15, -0.1) is 5.59 Å². The lowest BCUT2D eigenvalue weighted by atomic mass is 9.60. The van der Waals surface area contributed by atoms with E-state index in [9.17, 15) is 9.59 Å². The number of amides is 2. The van der Waals surface area contributed by atoms with E-state index in [1.807, 2.05) is 0 Å². The summed E-state index contributed by atoms with van der Waals surface area (Å²) in [5.41, 5.74) is 7.92. The first-order chi connectivity index (χ1) is 14.7. The van der Waals surface area contributed by atoms with Crippen LogP contribution in [0.25, 0.3) is 0 Å². The van der Waals surface area contributed by atoms with Crippen LogP contribution in [0.5, 0.6) is 0 Å². The van der Waals surface area contributed by atoms with E-state index in [1.165, 1.54) is 44.9 Å². The molecule has 30 heavy (non-hydrogen) atoms. The maximum absolute atomic E-state index is 12.9. The molecule has 0 aromatic carbocycles. The molecule has 7 atom stereocenters. The normalized spacial score (nSPS) is 38.8. The van der Waals surface area contributed by atoms with Crippen molar-refractivity contribution < 1.29 is 14.4 Å². The Balaban J connectivity index is 1.24. The highest BCUT2D eigenvalue weighted by atomic mass is 16.7. The van der Waals surface area contributed by atoms with Crippen molar-refractivity contribution >= 4 is 11.8 Å². The summed E-state index contributed by atoms with van der Waals surface area (Å²) in [5, 5.41) is 0. The molecule has 0 aromatic rings. The zero-order valence-corrected chi connectivity index (χ0v) is 18.2. The minimum atomic E-state index is -0.0688. The van der Waals surface area contributed by atoms with Gasteiger partial charge in [-0.05, 0) is 68.1 Å². The second-order valence-corrected chi connectivity index (χ2v) is 10.2. The number of nitrogens with two attached hydrogens (primary N) is 1. The molecule has 7 heteroatoms. The van der Waals surface area contributed by atoms with E-state index in [0.29, 0.717) is 12.5 Å². The molecule has 7 unspecified atom stereocenters. The van der Waals surface area contributed by atoms with Crippen molar-refractivity contribution in [3.05, 3.63) is 0 Å². The van der Waals surface area contributed by atoms with Gasteiger partial charge in [-0.3, -0.25) is 25.3 Å². The van der Waals surface area contributed by atoms with Crippen LogP contribution in [0, 0.1) is 41.4 Å². The van der Waals surface area contributed by atoms with Crippen LogP contribution in [-0.2, 0) is 14.4 Å². The molecule has 0 radical (unpaired) electrons. The average molecular weight is 421 g/mol. The Labute approximate surface area is 180 Å². The number of rotatable bonds is 6. The molecule has 0 spiro atoms. The van der Waals surface area contributed by atoms with Gasteiger partial charge in [-0.25, -0.2) is 5.84 Å². The van der Waals surface area contributed by atoms with Gasteiger partial charge in [0.2, 0.25) is 11.8 Å². The van der Waals surface area contributed by atoms with E-state index < -0.39 is 0 Å². The second-order valence-electron chi connectivity index (χ2n) is 10.2. The number of hydrogen-bond acceptors (Lipinski definition) is 5. The average Bonchev–Trinajstić information content (AvgIpc) is 2.80. The zero-order chi connectivity index (χ0) is 20.9. The van der Waals surface area contributed by atoms with Crippen LogP contribution in [0.15, 0.2) is 0 Å². The predicted molar refractivity (Wildman–Crippen MR) is 114 cm³/mol. The zero-order valence-electron chi connectivity index (χ0n) is 18.2. The number of carbonyl (C=O) groups is 2. The molecule has 4 aliphatic carbocycles. The van der Waals surface area contributed by atoms with Crippen LogP contribution in [0.4, 0.5) is 0 Å². The van der Waals surface area contributed by atoms with Gasteiger partial charge in [-0.1, -0.05) is 44.9 Å². The third-order valence-electron chi connectivity index (χ3n) is 8.78. The van der Waals surface area contributed by atoms with E-state index in [4.69, 9.17) is 10.7 Å². The summed E-state index contributed by atoms with van der Waals surface area (Å²) in [6, 6.07) is 0. The van der Waals surface area contributed by atoms with Crippen LogP contribution in [0.2, 0.25) is 0 Å². The Morgan fingerprint density at radius 3 is 2.03 bits per heavy atom. The first-order valence-corrected chi connectivity index (χ1v) is 12.4. The fourth-order valence-corrected chi connectivity index (χ4v) is 7.34. The lowest BCUT2D eigenvalue weighted by Gasteiger charge is -2.44. The molecule has 7 nitrogen and oxygen atoms in total. The van der Waals surface area contributed by atoms with E-state index in [-0.39, 0.29) is 35.5 Å². The summed E-state index contributed by atoms with van der Waals surface area (Å²) >= 11 is 0. The third-order valence-corrected chi connectivity index (χ3v) is 8.78. The van der Waals surface area contributed by atoms with E-state index in [1.54, 1.807) is 0 Å². The van der Waals surface area contributed by atoms with Crippen molar-refractivity contribution in [1.82, 2.24) is 16.4 Å². The molecule has 5 N–H and O–H groups in total. The van der Waals surface area contributed by atoms with Gasteiger partial charge in [-0.2, -0.15) is 0 Å². The van der Waals surface area contributed by atoms with Crippen molar-refractivity contribution in [3.8, 4) is 0 Å². The Hall–Kier alpha value is -1.18.